The molecule has 0 spiro atoms. The molecule has 1 atom stereocenters. The van der Waals surface area contributed by atoms with Crippen LogP contribution in [-0.4, -0.2) is 32.0 Å². The average molecular weight is 419 g/mol. The molecule has 0 radical (unpaired) electrons. The Morgan fingerprint density at radius 2 is 1.97 bits per heavy atom. The molecule has 4 heterocycles. The fourth-order valence-electron chi connectivity index (χ4n) is 4.93. The maximum Gasteiger partial charge on any atom is 0.341 e. The molecule has 0 saturated heterocycles. The molecule has 31 heavy (non-hydrogen) atoms. The van der Waals surface area contributed by atoms with E-state index in [0.717, 1.165) is 41.1 Å². The lowest BCUT2D eigenvalue weighted by Gasteiger charge is -2.39. The van der Waals surface area contributed by atoms with Crippen molar-refractivity contribution < 1.29 is 14.6 Å². The van der Waals surface area contributed by atoms with Crippen LogP contribution in [0, 0.1) is 5.41 Å². The van der Waals surface area contributed by atoms with Gasteiger partial charge in [-0.1, -0.05) is 20.8 Å². The number of pyridine rings is 1. The van der Waals surface area contributed by atoms with E-state index in [1.165, 1.54) is 23.4 Å². The lowest BCUT2D eigenvalue weighted by atomic mass is 9.76. The van der Waals surface area contributed by atoms with Crippen molar-refractivity contribution in [2.45, 2.75) is 39.7 Å². The molecule has 1 aromatic carbocycles. The van der Waals surface area contributed by atoms with Gasteiger partial charge in [0, 0.05) is 54.7 Å². The number of ether oxygens (including phenoxy) is 1. The van der Waals surface area contributed by atoms with Crippen molar-refractivity contribution in [3.05, 3.63) is 57.5 Å². The average Bonchev–Trinajstić information content (AvgIpc) is 3.34. The van der Waals surface area contributed by atoms with Crippen LogP contribution in [0.1, 0.15) is 48.3 Å². The summed E-state index contributed by atoms with van der Waals surface area (Å²) in [5.74, 6) is -0.301. The first kappa shape index (κ1) is 19.6. The van der Waals surface area contributed by atoms with E-state index in [1.807, 2.05) is 22.4 Å². The van der Waals surface area contributed by atoms with Gasteiger partial charge in [-0.15, -0.1) is 0 Å². The molecule has 0 fully saturated rings. The van der Waals surface area contributed by atoms with E-state index in [-0.39, 0.29) is 17.0 Å². The monoisotopic (exact) mass is 419 g/mol. The van der Waals surface area contributed by atoms with Crippen LogP contribution < -0.4 is 10.2 Å². The Hall–Kier alpha value is -3.35. The maximum atomic E-state index is 12.7. The number of benzene rings is 1. The summed E-state index contributed by atoms with van der Waals surface area (Å²) in [6, 6.07) is 5.52. The second kappa shape index (κ2) is 6.57. The van der Waals surface area contributed by atoms with Gasteiger partial charge in [0.05, 0.1) is 18.0 Å². The predicted octanol–water partition coefficient (Wildman–Crippen LogP) is 3.69. The number of aromatic nitrogens is 3. The summed E-state index contributed by atoms with van der Waals surface area (Å²) < 4.78 is 9.87. The standard InChI is InChI=1S/C24H25N3O4/c1-24(2,3)21-10-14-13-6-8-31-22(13)16(18-5-7-25-26(18)4)9-15(14)19-11-20(28)17(23(29)30)12-27(19)21/h5,7,9,11-12,21H,6,8,10H2,1-4H3,(H,29,30). The zero-order chi connectivity index (χ0) is 22.1. The quantitative estimate of drug-likeness (QED) is 0.685. The molecule has 1 N–H and O–H groups in total. The highest BCUT2D eigenvalue weighted by Gasteiger charge is 2.37. The summed E-state index contributed by atoms with van der Waals surface area (Å²) in [7, 11) is 1.89. The summed E-state index contributed by atoms with van der Waals surface area (Å²) in [4.78, 5) is 24.3. The Bertz CT molecular complexity index is 1290. The van der Waals surface area contributed by atoms with Gasteiger partial charge in [-0.05, 0) is 29.5 Å². The van der Waals surface area contributed by atoms with E-state index in [2.05, 4.69) is 31.9 Å². The van der Waals surface area contributed by atoms with E-state index < -0.39 is 11.4 Å². The van der Waals surface area contributed by atoms with E-state index in [9.17, 15) is 14.7 Å². The van der Waals surface area contributed by atoms with Gasteiger partial charge in [-0.3, -0.25) is 9.48 Å². The van der Waals surface area contributed by atoms with Gasteiger partial charge < -0.3 is 14.4 Å². The molecule has 0 aliphatic carbocycles. The minimum absolute atomic E-state index is 0.0148. The SMILES string of the molecule is Cn1nccc1-c1cc2c(c3c1OCC3)CC(C(C)(C)C)n1cc(C(=O)O)c(=O)cc1-2. The van der Waals surface area contributed by atoms with Crippen molar-refractivity contribution >= 4 is 5.97 Å². The number of aryl methyl sites for hydroxylation is 1. The second-order valence-electron chi connectivity index (χ2n) is 9.43. The van der Waals surface area contributed by atoms with Crippen molar-refractivity contribution in [1.82, 2.24) is 14.3 Å². The highest BCUT2D eigenvalue weighted by atomic mass is 16.5. The van der Waals surface area contributed by atoms with Crippen LogP contribution in [0.25, 0.3) is 22.5 Å². The Morgan fingerprint density at radius 3 is 2.61 bits per heavy atom. The van der Waals surface area contributed by atoms with Gasteiger partial charge in [0.15, 0.2) is 5.43 Å². The molecule has 0 saturated carbocycles. The molecule has 7 heteroatoms. The minimum Gasteiger partial charge on any atom is -0.492 e. The largest absolute Gasteiger partial charge is 0.492 e. The number of carboxylic acids is 1. The molecule has 0 bridgehead atoms. The highest BCUT2D eigenvalue weighted by Crippen LogP contribution is 2.49. The first-order chi connectivity index (χ1) is 14.7. The van der Waals surface area contributed by atoms with E-state index >= 15 is 0 Å². The number of hydrogen-bond donors (Lipinski definition) is 1. The van der Waals surface area contributed by atoms with E-state index in [0.29, 0.717) is 6.61 Å². The summed E-state index contributed by atoms with van der Waals surface area (Å²) in [6.07, 6.45) is 4.85. The molecule has 2 aliphatic heterocycles. The molecular weight excluding hydrogens is 394 g/mol. The number of nitrogens with zero attached hydrogens (tertiary/aromatic N) is 3. The van der Waals surface area contributed by atoms with E-state index in [1.54, 1.807) is 6.20 Å². The topological polar surface area (TPSA) is 86.3 Å². The zero-order valence-corrected chi connectivity index (χ0v) is 18.1. The summed E-state index contributed by atoms with van der Waals surface area (Å²) in [5, 5.41) is 13.8. The molecule has 2 aromatic heterocycles. The summed E-state index contributed by atoms with van der Waals surface area (Å²) >= 11 is 0. The normalized spacial score (nSPS) is 17.0. The number of hydrogen-bond acceptors (Lipinski definition) is 4. The number of fused-ring (bicyclic) bond motifs is 5. The van der Waals surface area contributed by atoms with Gasteiger partial charge in [0.25, 0.3) is 0 Å². The van der Waals surface area contributed by atoms with Crippen LogP contribution in [0.15, 0.2) is 35.4 Å². The number of carboxylic acid groups (broad SMARTS) is 1. The third kappa shape index (κ3) is 2.91. The molecule has 160 valence electrons. The van der Waals surface area contributed by atoms with Crippen molar-refractivity contribution in [2.75, 3.05) is 6.61 Å². The van der Waals surface area contributed by atoms with Crippen LogP contribution in [0.3, 0.4) is 0 Å². The van der Waals surface area contributed by atoms with Gasteiger partial charge >= 0.3 is 5.97 Å². The first-order valence-corrected chi connectivity index (χ1v) is 10.5. The molecule has 0 amide bonds. The summed E-state index contributed by atoms with van der Waals surface area (Å²) in [6.45, 7) is 7.06. The Kier molecular flexibility index (Phi) is 4.16. The van der Waals surface area contributed by atoms with Crippen LogP contribution >= 0.6 is 0 Å². The number of rotatable bonds is 2. The van der Waals surface area contributed by atoms with Gasteiger partial charge in [-0.25, -0.2) is 4.79 Å². The van der Waals surface area contributed by atoms with Crippen molar-refractivity contribution in [3.63, 3.8) is 0 Å². The van der Waals surface area contributed by atoms with Crippen molar-refractivity contribution in [1.29, 1.82) is 0 Å². The second-order valence-corrected chi connectivity index (χ2v) is 9.43. The molecule has 1 unspecified atom stereocenters. The fourth-order valence-corrected chi connectivity index (χ4v) is 4.93. The lowest BCUT2D eigenvalue weighted by Crippen LogP contribution is -2.33. The smallest absolute Gasteiger partial charge is 0.341 e. The summed E-state index contributed by atoms with van der Waals surface area (Å²) in [5.41, 5.74) is 5.19. The van der Waals surface area contributed by atoms with E-state index in [4.69, 9.17) is 4.74 Å². The fraction of sp³-hybridized carbons (Fsp3) is 0.375. The molecule has 5 rings (SSSR count). The lowest BCUT2D eigenvalue weighted by molar-refractivity contribution is 0.0693. The maximum absolute atomic E-state index is 12.7. The molecule has 2 aliphatic rings. The molecular formula is C24H25N3O4. The first-order valence-electron chi connectivity index (χ1n) is 10.5. The van der Waals surface area contributed by atoms with Gasteiger partial charge in [-0.2, -0.15) is 5.10 Å². The Labute approximate surface area is 179 Å². The van der Waals surface area contributed by atoms with Crippen molar-refractivity contribution in [3.8, 4) is 28.3 Å². The Balaban J connectivity index is 1.85. The van der Waals surface area contributed by atoms with Gasteiger partial charge in [0.2, 0.25) is 0 Å². The predicted molar refractivity (Wildman–Crippen MR) is 117 cm³/mol. The minimum atomic E-state index is -1.20. The molecule has 3 aromatic rings. The van der Waals surface area contributed by atoms with Crippen LogP contribution in [0.4, 0.5) is 0 Å². The van der Waals surface area contributed by atoms with Crippen LogP contribution in [0.5, 0.6) is 5.75 Å². The van der Waals surface area contributed by atoms with Crippen molar-refractivity contribution in [2.24, 2.45) is 12.5 Å². The van der Waals surface area contributed by atoms with Crippen LogP contribution in [-0.2, 0) is 19.9 Å². The van der Waals surface area contributed by atoms with Gasteiger partial charge in [0.1, 0.15) is 11.3 Å². The third-order valence-corrected chi connectivity index (χ3v) is 6.51. The number of carbonyl (C=O) groups is 1. The highest BCUT2D eigenvalue weighted by molar-refractivity contribution is 5.88. The van der Waals surface area contributed by atoms with Crippen LogP contribution in [0.2, 0.25) is 0 Å². The zero-order valence-electron chi connectivity index (χ0n) is 18.1. The Morgan fingerprint density at radius 1 is 1.19 bits per heavy atom. The third-order valence-electron chi connectivity index (χ3n) is 6.51. The number of aromatic carboxylic acids is 1. The molecule has 7 nitrogen and oxygen atoms in total.